The molecule has 5 rings (SSSR count). The third-order valence-corrected chi connectivity index (χ3v) is 7.68. The van der Waals surface area contributed by atoms with Gasteiger partial charge in [-0.25, -0.2) is 0 Å². The summed E-state index contributed by atoms with van der Waals surface area (Å²) >= 11 is 0. The summed E-state index contributed by atoms with van der Waals surface area (Å²) in [5.74, 6) is -0.835. The fraction of sp³-hybridized carbons (Fsp3) is 0.257. The van der Waals surface area contributed by atoms with Crippen molar-refractivity contribution in [3.8, 4) is 0 Å². The molecule has 0 N–H and O–H groups in total. The van der Waals surface area contributed by atoms with Crippen LogP contribution >= 0.6 is 0 Å². The van der Waals surface area contributed by atoms with Crippen LogP contribution in [0.15, 0.2) is 121 Å². The number of benzene rings is 4. The number of Topliss-reactive ketones (excluding diaryl/α,β-unsaturated/α-hetero) is 1. The van der Waals surface area contributed by atoms with Crippen LogP contribution in [0.4, 0.5) is 0 Å². The van der Waals surface area contributed by atoms with Crippen molar-refractivity contribution >= 4 is 11.7 Å². The molecule has 0 radical (unpaired) electrons. The van der Waals surface area contributed by atoms with Crippen LogP contribution in [-0.4, -0.2) is 29.2 Å². The monoisotopic (exact) mass is 517 g/mol. The third kappa shape index (κ3) is 5.17. The Morgan fingerprint density at radius 1 is 0.744 bits per heavy atom. The Morgan fingerprint density at radius 2 is 1.21 bits per heavy atom. The highest BCUT2D eigenvalue weighted by Gasteiger charge is 2.60. The predicted molar refractivity (Wildman–Crippen MR) is 154 cm³/mol. The van der Waals surface area contributed by atoms with Crippen LogP contribution < -0.4 is 0 Å². The van der Waals surface area contributed by atoms with E-state index in [2.05, 4.69) is 43.3 Å². The molecule has 1 fully saturated rings. The quantitative estimate of drug-likeness (QED) is 0.118. The van der Waals surface area contributed by atoms with Crippen LogP contribution in [0, 0.1) is 5.92 Å². The van der Waals surface area contributed by atoms with Gasteiger partial charge in [-0.1, -0.05) is 135 Å². The fourth-order valence-corrected chi connectivity index (χ4v) is 5.82. The minimum Gasteiger partial charge on any atom is -0.375 e. The molecule has 1 saturated heterocycles. The molecule has 1 amide bonds. The van der Waals surface area contributed by atoms with Crippen molar-refractivity contribution in [3.63, 3.8) is 0 Å². The smallest absolute Gasteiger partial charge is 0.236 e. The van der Waals surface area contributed by atoms with Gasteiger partial charge in [-0.05, 0) is 28.7 Å². The molecule has 0 aromatic heterocycles. The van der Waals surface area contributed by atoms with Gasteiger partial charge in [-0.3, -0.25) is 9.59 Å². The number of ketones is 1. The molecule has 0 saturated carbocycles. The Morgan fingerprint density at radius 3 is 1.67 bits per heavy atom. The van der Waals surface area contributed by atoms with E-state index in [1.165, 1.54) is 0 Å². The lowest BCUT2D eigenvalue weighted by atomic mass is 9.69. The third-order valence-electron chi connectivity index (χ3n) is 7.68. The highest BCUT2D eigenvalue weighted by molar-refractivity contribution is 6.07. The molecule has 198 valence electrons. The number of carbonyl (C=O) groups excluding carboxylic acids is 2. The maximum atomic E-state index is 14.2. The molecule has 2 atom stereocenters. The number of likely N-dealkylation sites (tertiary alicyclic amines) is 1. The molecule has 0 bridgehead atoms. The van der Waals surface area contributed by atoms with Gasteiger partial charge >= 0.3 is 0 Å². The largest absolute Gasteiger partial charge is 0.375 e. The molecule has 0 aliphatic carbocycles. The van der Waals surface area contributed by atoms with E-state index in [0.29, 0.717) is 13.0 Å². The number of hydrogen-bond acceptors (Lipinski definition) is 3. The number of rotatable bonds is 12. The molecule has 4 heteroatoms. The van der Waals surface area contributed by atoms with Crippen LogP contribution in [0.5, 0.6) is 0 Å². The second-order valence-electron chi connectivity index (χ2n) is 10.1. The minimum atomic E-state index is -0.914. The second-order valence-corrected chi connectivity index (χ2v) is 10.1. The zero-order valence-electron chi connectivity index (χ0n) is 22.4. The van der Waals surface area contributed by atoms with Crippen molar-refractivity contribution in [1.82, 2.24) is 4.90 Å². The number of amides is 1. The zero-order chi connectivity index (χ0) is 27.1. The summed E-state index contributed by atoms with van der Waals surface area (Å²) in [6, 6.07) is 40.0. The summed E-state index contributed by atoms with van der Waals surface area (Å²) in [6.07, 6.45) is 2.10. The van der Waals surface area contributed by atoms with E-state index in [0.717, 1.165) is 35.1 Å². The lowest BCUT2D eigenvalue weighted by Crippen LogP contribution is -2.72. The summed E-state index contributed by atoms with van der Waals surface area (Å²) in [6.45, 7) is 2.76. The van der Waals surface area contributed by atoms with Crippen molar-refractivity contribution in [3.05, 3.63) is 144 Å². The summed E-state index contributed by atoms with van der Waals surface area (Å²) in [7, 11) is 0. The summed E-state index contributed by atoms with van der Waals surface area (Å²) in [5.41, 5.74) is 3.07. The van der Waals surface area contributed by atoms with E-state index in [-0.39, 0.29) is 18.3 Å². The molecular formula is C35H35NO3. The van der Waals surface area contributed by atoms with E-state index in [1.807, 2.05) is 89.8 Å². The van der Waals surface area contributed by atoms with Gasteiger partial charge in [-0.15, -0.1) is 0 Å². The molecule has 4 nitrogen and oxygen atoms in total. The molecule has 4 aromatic rings. The number of ether oxygens (including phenoxy) is 1. The van der Waals surface area contributed by atoms with Crippen LogP contribution in [-0.2, 0) is 26.5 Å². The van der Waals surface area contributed by atoms with Gasteiger partial charge in [0.15, 0.2) is 0 Å². The average molecular weight is 518 g/mol. The van der Waals surface area contributed by atoms with Gasteiger partial charge in [0.05, 0.1) is 19.3 Å². The van der Waals surface area contributed by atoms with Gasteiger partial charge in [-0.2, -0.15) is 0 Å². The van der Waals surface area contributed by atoms with Crippen LogP contribution in [0.2, 0.25) is 0 Å². The number of nitrogens with zero attached hydrogens (tertiary/aromatic N) is 1. The number of β-lactam (4-membered cyclic amide) rings is 1. The summed E-state index contributed by atoms with van der Waals surface area (Å²) < 4.78 is 6.24. The van der Waals surface area contributed by atoms with E-state index >= 15 is 0 Å². The highest BCUT2D eigenvalue weighted by atomic mass is 16.5. The number of carbonyl (C=O) groups is 2. The normalized spacial score (nSPS) is 17.1. The zero-order valence-corrected chi connectivity index (χ0v) is 22.4. The van der Waals surface area contributed by atoms with E-state index in [9.17, 15) is 9.59 Å². The summed E-state index contributed by atoms with van der Waals surface area (Å²) in [5, 5.41) is 0. The van der Waals surface area contributed by atoms with Crippen molar-refractivity contribution in [2.75, 3.05) is 6.61 Å². The summed E-state index contributed by atoms with van der Waals surface area (Å²) in [4.78, 5) is 29.6. The molecule has 0 unspecified atom stereocenters. The molecule has 1 heterocycles. The Kier molecular flexibility index (Phi) is 8.33. The number of hydrogen-bond donors (Lipinski definition) is 0. The van der Waals surface area contributed by atoms with Crippen LogP contribution in [0.25, 0.3) is 0 Å². The lowest BCUT2D eigenvalue weighted by molar-refractivity contribution is -0.174. The van der Waals surface area contributed by atoms with Crippen molar-refractivity contribution in [1.29, 1.82) is 0 Å². The van der Waals surface area contributed by atoms with Gasteiger partial charge in [0.1, 0.15) is 17.2 Å². The van der Waals surface area contributed by atoms with Crippen molar-refractivity contribution in [2.24, 2.45) is 5.92 Å². The first-order chi connectivity index (χ1) is 19.2. The Bertz CT molecular complexity index is 1260. The lowest BCUT2D eigenvalue weighted by Gasteiger charge is -2.57. The van der Waals surface area contributed by atoms with Gasteiger partial charge < -0.3 is 9.64 Å². The second kappa shape index (κ2) is 12.2. The Hall–Kier alpha value is -4.02. The van der Waals surface area contributed by atoms with Crippen molar-refractivity contribution < 1.29 is 14.3 Å². The van der Waals surface area contributed by atoms with Crippen molar-refractivity contribution in [2.45, 2.75) is 44.4 Å². The van der Waals surface area contributed by atoms with Gasteiger partial charge in [0, 0.05) is 6.42 Å². The standard InChI is InChI=1S/C35H35NO3/c1-2-3-24-32(37)33-31(26-39-25-27-16-8-4-9-17-27)36(34(33)38)35(28-18-10-5-11-19-28,29-20-12-6-13-21-29)30-22-14-7-15-23-30/h4-23,31,33H,2-3,24-26H2,1H3/t31-,33+/m0/s1. The first-order valence-electron chi connectivity index (χ1n) is 13.8. The topological polar surface area (TPSA) is 46.6 Å². The van der Waals surface area contributed by atoms with E-state index in [4.69, 9.17) is 4.74 Å². The molecule has 1 aliphatic rings. The fourth-order valence-electron chi connectivity index (χ4n) is 5.82. The van der Waals surface area contributed by atoms with Crippen LogP contribution in [0.1, 0.15) is 48.4 Å². The molecular weight excluding hydrogens is 482 g/mol. The van der Waals surface area contributed by atoms with Gasteiger partial charge in [0.2, 0.25) is 5.91 Å². The van der Waals surface area contributed by atoms with Crippen LogP contribution in [0.3, 0.4) is 0 Å². The molecule has 39 heavy (non-hydrogen) atoms. The average Bonchev–Trinajstić information content (AvgIpc) is 3.00. The first kappa shape index (κ1) is 26.6. The Balaban J connectivity index is 1.62. The molecule has 0 spiro atoms. The predicted octanol–water partition coefficient (Wildman–Crippen LogP) is 6.78. The maximum Gasteiger partial charge on any atom is 0.236 e. The molecule has 4 aromatic carbocycles. The Labute approximate surface area is 231 Å². The molecule has 1 aliphatic heterocycles. The van der Waals surface area contributed by atoms with E-state index in [1.54, 1.807) is 0 Å². The van der Waals surface area contributed by atoms with Gasteiger partial charge in [0.25, 0.3) is 0 Å². The minimum absolute atomic E-state index is 0.00879. The van der Waals surface area contributed by atoms with E-state index < -0.39 is 17.5 Å². The highest BCUT2D eigenvalue weighted by Crippen LogP contribution is 2.49. The first-order valence-corrected chi connectivity index (χ1v) is 13.8. The number of unbranched alkanes of at least 4 members (excludes halogenated alkanes) is 1. The SMILES string of the molecule is CCCCC(=O)[C@@H]1C(=O)N(C(c2ccccc2)(c2ccccc2)c2ccccc2)[C@H]1COCc1ccccc1. The maximum absolute atomic E-state index is 14.2.